The lowest BCUT2D eigenvalue weighted by molar-refractivity contribution is -0.190. The molecule has 5 rings (SSSR count). The predicted octanol–water partition coefficient (Wildman–Crippen LogP) is 6.57. The molecular formula is C33H41FN4O5Si. The van der Waals surface area contributed by atoms with Gasteiger partial charge in [0.15, 0.2) is 14.2 Å². The van der Waals surface area contributed by atoms with E-state index in [2.05, 4.69) is 44.0 Å². The molecule has 0 bridgehead atoms. The molecule has 0 radical (unpaired) electrons. The first kappa shape index (κ1) is 31.5. The highest BCUT2D eigenvalue weighted by atomic mass is 28.4. The highest BCUT2D eigenvalue weighted by Crippen LogP contribution is 2.44. The molecule has 1 aromatic heterocycles. The molecule has 0 aliphatic carbocycles. The molecule has 1 fully saturated rings. The third-order valence-corrected chi connectivity index (χ3v) is 13.1. The number of hydrogen-bond acceptors (Lipinski definition) is 8. The quantitative estimate of drug-likeness (QED) is 0.208. The number of carbonyl (C=O) groups is 1. The van der Waals surface area contributed by atoms with Crippen LogP contribution in [0.2, 0.25) is 18.1 Å². The van der Waals surface area contributed by atoms with Gasteiger partial charge in [-0.2, -0.15) is 0 Å². The van der Waals surface area contributed by atoms with Crippen molar-refractivity contribution in [3.8, 4) is 11.4 Å². The van der Waals surface area contributed by atoms with Crippen LogP contribution in [0.5, 0.6) is 5.75 Å². The van der Waals surface area contributed by atoms with E-state index in [1.165, 1.54) is 24.3 Å². The first-order valence-corrected chi connectivity index (χ1v) is 17.7. The summed E-state index contributed by atoms with van der Waals surface area (Å²) in [6.45, 7) is 15.2. The van der Waals surface area contributed by atoms with Crippen LogP contribution in [0.3, 0.4) is 0 Å². The van der Waals surface area contributed by atoms with Gasteiger partial charge < -0.3 is 23.3 Å². The minimum absolute atomic E-state index is 0.0309. The minimum atomic E-state index is -2.22. The van der Waals surface area contributed by atoms with Crippen LogP contribution in [0.15, 0.2) is 65.7 Å². The largest absolute Gasteiger partial charge is 0.495 e. The third kappa shape index (κ3) is 5.78. The zero-order valence-corrected chi connectivity index (χ0v) is 27.7. The van der Waals surface area contributed by atoms with Crippen molar-refractivity contribution in [3.05, 3.63) is 83.2 Å². The Kier molecular flexibility index (Phi) is 8.47. The van der Waals surface area contributed by atoms with E-state index in [4.69, 9.17) is 18.7 Å². The Labute approximate surface area is 259 Å². The Hall–Kier alpha value is -3.96. The molecule has 2 aliphatic heterocycles. The average molecular weight is 621 g/mol. The van der Waals surface area contributed by atoms with Gasteiger partial charge in [0, 0.05) is 30.3 Å². The molecule has 0 amide bonds. The topological polar surface area (TPSA) is 87.4 Å². The number of halogens is 1. The number of methoxy groups -OCH3 is 1. The zero-order chi connectivity index (χ0) is 31.9. The monoisotopic (exact) mass is 620 g/mol. The molecule has 3 aromatic rings. The number of rotatable bonds is 8. The molecule has 2 atom stereocenters. The van der Waals surface area contributed by atoms with Crippen molar-refractivity contribution in [1.82, 2.24) is 14.5 Å². The van der Waals surface area contributed by atoms with E-state index in [-0.39, 0.29) is 17.7 Å². The van der Waals surface area contributed by atoms with Gasteiger partial charge in [-0.3, -0.25) is 4.90 Å². The number of hydrogen-bond donors (Lipinski definition) is 0. The predicted molar refractivity (Wildman–Crippen MR) is 169 cm³/mol. The van der Waals surface area contributed by atoms with Crippen molar-refractivity contribution >= 4 is 26.2 Å². The molecule has 44 heavy (non-hydrogen) atoms. The van der Waals surface area contributed by atoms with E-state index in [9.17, 15) is 9.18 Å². The summed E-state index contributed by atoms with van der Waals surface area (Å²) >= 11 is 0. The van der Waals surface area contributed by atoms with E-state index < -0.39 is 25.8 Å². The van der Waals surface area contributed by atoms with Crippen LogP contribution in [0.25, 0.3) is 11.8 Å². The number of esters is 1. The van der Waals surface area contributed by atoms with Crippen LogP contribution >= 0.6 is 0 Å². The first-order valence-electron chi connectivity index (χ1n) is 14.8. The number of amidine groups is 1. The molecule has 2 aliphatic rings. The standard InChI is InChI=1S/C33H41FN4O5Si/c1-9-41-31(39)33(25-11-13-26(34)14-12-25)38-20-27(42-44(7,8)32(3,4)5)18-24(30(38)36-43-33)16-23-10-15-28(29(17-23)40-6)37-19-22(2)35-21-37/h10-17,19,21,27H,9,18,20H2,1-8H3/b24-16+/t27-,33+/m1/s1. The fourth-order valence-corrected chi connectivity index (χ4v) is 6.68. The van der Waals surface area contributed by atoms with Crippen LogP contribution in [0.4, 0.5) is 4.39 Å². The van der Waals surface area contributed by atoms with E-state index in [0.29, 0.717) is 30.1 Å². The molecule has 3 heterocycles. The number of fused-ring (bicyclic) bond motifs is 1. The molecular weight excluding hydrogens is 579 g/mol. The molecule has 0 unspecified atom stereocenters. The second-order valence-electron chi connectivity index (χ2n) is 12.7. The van der Waals surface area contributed by atoms with Crippen molar-refractivity contribution < 1.29 is 27.9 Å². The molecule has 9 nitrogen and oxygen atoms in total. The summed E-state index contributed by atoms with van der Waals surface area (Å²) in [5.41, 5.74) is 2.17. The van der Waals surface area contributed by atoms with Gasteiger partial charge in [0.25, 0.3) is 0 Å². The summed E-state index contributed by atoms with van der Waals surface area (Å²) in [5.74, 6) is 0.133. The maximum absolute atomic E-state index is 14.0. The van der Waals surface area contributed by atoms with Crippen molar-refractivity contribution in [2.75, 3.05) is 20.3 Å². The van der Waals surface area contributed by atoms with Gasteiger partial charge in [0.2, 0.25) is 0 Å². The summed E-state index contributed by atoms with van der Waals surface area (Å²) < 4.78 is 34.2. The van der Waals surface area contributed by atoms with Gasteiger partial charge in [-0.05, 0) is 80.0 Å². The van der Waals surface area contributed by atoms with E-state index in [1.807, 2.05) is 46.9 Å². The zero-order valence-electron chi connectivity index (χ0n) is 26.7. The number of aromatic nitrogens is 2. The van der Waals surface area contributed by atoms with Gasteiger partial charge in [-0.15, -0.1) is 0 Å². The minimum Gasteiger partial charge on any atom is -0.495 e. The summed E-state index contributed by atoms with van der Waals surface area (Å²) in [7, 11) is -0.585. The Morgan fingerprint density at radius 3 is 2.55 bits per heavy atom. The van der Waals surface area contributed by atoms with Crippen LogP contribution in [-0.4, -0.2) is 60.9 Å². The second kappa shape index (κ2) is 11.9. The summed E-state index contributed by atoms with van der Waals surface area (Å²) in [6, 6.07) is 11.6. The lowest BCUT2D eigenvalue weighted by Crippen LogP contribution is -2.59. The Bertz CT molecular complexity index is 1590. The maximum atomic E-state index is 14.0. The fraction of sp³-hybridized carbons (Fsp3) is 0.424. The molecule has 2 aromatic carbocycles. The van der Waals surface area contributed by atoms with Gasteiger partial charge in [-0.1, -0.05) is 32.0 Å². The number of carbonyl (C=O) groups excluding carboxylic acids is 1. The third-order valence-electron chi connectivity index (χ3n) is 8.61. The highest BCUT2D eigenvalue weighted by molar-refractivity contribution is 6.74. The number of oxime groups is 1. The highest BCUT2D eigenvalue weighted by Gasteiger charge is 2.58. The van der Waals surface area contributed by atoms with Crippen molar-refractivity contribution in [3.63, 3.8) is 0 Å². The van der Waals surface area contributed by atoms with E-state index in [0.717, 1.165) is 22.5 Å². The average Bonchev–Trinajstić information content (AvgIpc) is 3.57. The maximum Gasteiger partial charge on any atom is 0.380 e. The first-order chi connectivity index (χ1) is 20.8. The number of nitrogens with zero attached hydrogens (tertiary/aromatic N) is 4. The smallest absolute Gasteiger partial charge is 0.380 e. The number of ether oxygens (including phenoxy) is 2. The lowest BCUT2D eigenvalue weighted by atomic mass is 9.93. The van der Waals surface area contributed by atoms with Crippen LogP contribution in [0.1, 0.15) is 50.9 Å². The summed E-state index contributed by atoms with van der Waals surface area (Å²) in [4.78, 5) is 26.0. The fourth-order valence-electron chi connectivity index (χ4n) is 5.33. The second-order valence-corrected chi connectivity index (χ2v) is 17.5. The Balaban J connectivity index is 1.60. The van der Waals surface area contributed by atoms with Gasteiger partial charge in [-0.25, -0.2) is 14.2 Å². The van der Waals surface area contributed by atoms with E-state index >= 15 is 0 Å². The van der Waals surface area contributed by atoms with Crippen molar-refractivity contribution in [2.45, 2.75) is 71.0 Å². The summed E-state index contributed by atoms with van der Waals surface area (Å²) in [6.07, 6.45) is 5.99. The molecule has 0 spiro atoms. The van der Waals surface area contributed by atoms with Crippen LogP contribution in [-0.2, 0) is 24.5 Å². The van der Waals surface area contributed by atoms with E-state index in [1.54, 1.807) is 20.4 Å². The molecule has 0 saturated carbocycles. The van der Waals surface area contributed by atoms with Gasteiger partial charge in [0.1, 0.15) is 11.6 Å². The molecule has 11 heteroatoms. The number of benzene rings is 2. The number of aryl methyl sites for hydroxylation is 1. The SMILES string of the molecule is CCOC(=O)[C@]1(c2ccc(F)cc2)ON=C2/C(=C/c3ccc(-n4cnc(C)c4)c(OC)c3)C[C@@H](O[Si](C)(C)C(C)(C)C)CN21. The summed E-state index contributed by atoms with van der Waals surface area (Å²) in [5, 5.41) is 4.44. The van der Waals surface area contributed by atoms with Crippen LogP contribution < -0.4 is 4.74 Å². The van der Waals surface area contributed by atoms with Crippen LogP contribution in [0, 0.1) is 12.7 Å². The van der Waals surface area contributed by atoms with Gasteiger partial charge >= 0.3 is 11.7 Å². The molecule has 1 saturated heterocycles. The van der Waals surface area contributed by atoms with Gasteiger partial charge in [0.05, 0.1) is 37.5 Å². The number of imidazole rings is 1. The normalized spacial score (nSPS) is 21.1. The lowest BCUT2D eigenvalue weighted by Gasteiger charge is -2.45. The van der Waals surface area contributed by atoms with Crippen molar-refractivity contribution in [1.29, 1.82) is 0 Å². The number of piperidine rings is 1. The Morgan fingerprint density at radius 2 is 1.93 bits per heavy atom. The van der Waals surface area contributed by atoms with Crippen molar-refractivity contribution in [2.24, 2.45) is 5.16 Å². The molecule has 234 valence electrons. The molecule has 0 N–H and O–H groups in total. The Morgan fingerprint density at radius 1 is 1.20 bits per heavy atom.